The molecule has 0 radical (unpaired) electrons. The Kier molecular flexibility index (Phi) is 6.56. The average Bonchev–Trinajstić information content (AvgIpc) is 2.70. The molecule has 3 rings (SSSR count). The molecule has 1 heterocycles. The number of nitrogens with zero attached hydrogens (tertiary/aromatic N) is 1. The predicted octanol–water partition coefficient (Wildman–Crippen LogP) is 4.31. The van der Waals surface area contributed by atoms with Gasteiger partial charge in [-0.3, -0.25) is 9.52 Å². The van der Waals surface area contributed by atoms with E-state index in [4.69, 9.17) is 0 Å². The molecule has 0 aliphatic carbocycles. The van der Waals surface area contributed by atoms with E-state index in [0.29, 0.717) is 5.69 Å². The van der Waals surface area contributed by atoms with E-state index in [1.807, 2.05) is 38.1 Å². The van der Waals surface area contributed by atoms with Gasteiger partial charge in [-0.15, -0.1) is 11.8 Å². The summed E-state index contributed by atoms with van der Waals surface area (Å²) in [7, 11) is -3.75. The minimum absolute atomic E-state index is 0.0863. The molecule has 1 atom stereocenters. The lowest BCUT2D eigenvalue weighted by molar-refractivity contribution is -0.115. The molecule has 3 aromatic rings. The van der Waals surface area contributed by atoms with Crippen LogP contribution in [0.5, 0.6) is 0 Å². The molecule has 29 heavy (non-hydrogen) atoms. The molecule has 1 amide bonds. The third kappa shape index (κ3) is 5.82. The quantitative estimate of drug-likeness (QED) is 0.549. The van der Waals surface area contributed by atoms with Crippen LogP contribution in [0.3, 0.4) is 0 Å². The van der Waals surface area contributed by atoms with Crippen molar-refractivity contribution in [3.05, 3.63) is 78.5 Å². The van der Waals surface area contributed by atoms with E-state index >= 15 is 0 Å². The maximum absolute atomic E-state index is 12.4. The largest absolute Gasteiger partial charge is 0.325 e. The van der Waals surface area contributed by atoms with Crippen molar-refractivity contribution in [2.45, 2.75) is 28.9 Å². The molecule has 150 valence electrons. The number of thioether (sulfide) groups is 1. The van der Waals surface area contributed by atoms with E-state index in [1.165, 1.54) is 35.7 Å². The number of sulfonamides is 1. The molecule has 0 bridgehead atoms. The fourth-order valence-corrected chi connectivity index (χ4v) is 4.33. The van der Waals surface area contributed by atoms with E-state index in [1.54, 1.807) is 30.3 Å². The van der Waals surface area contributed by atoms with Crippen molar-refractivity contribution in [1.29, 1.82) is 0 Å². The van der Waals surface area contributed by atoms with Crippen LogP contribution >= 0.6 is 11.8 Å². The van der Waals surface area contributed by atoms with Crippen LogP contribution in [0.15, 0.2) is 82.7 Å². The minimum atomic E-state index is -3.75. The second-order valence-electron chi connectivity index (χ2n) is 6.41. The summed E-state index contributed by atoms with van der Waals surface area (Å²) >= 11 is 1.46. The maximum atomic E-state index is 12.4. The zero-order valence-electron chi connectivity index (χ0n) is 16.0. The standard InChI is InChI=1S/C21H21N3O3S2/c1-15-6-10-18(11-7-15)28-16(2)21(25)23-17-8-12-19(13-9-17)29(26,27)24-20-5-3-4-14-22-20/h3-14,16H,1-2H3,(H,22,24)(H,23,25)/t16-/m0/s1. The molecule has 0 aliphatic heterocycles. The second kappa shape index (κ2) is 9.11. The number of pyridine rings is 1. The van der Waals surface area contributed by atoms with Crippen molar-refractivity contribution in [2.75, 3.05) is 10.0 Å². The molecular formula is C21H21N3O3S2. The summed E-state index contributed by atoms with van der Waals surface area (Å²) in [6, 6.07) is 19.0. The van der Waals surface area contributed by atoms with Gasteiger partial charge in [-0.05, 0) is 62.4 Å². The summed E-state index contributed by atoms with van der Waals surface area (Å²) in [6.45, 7) is 3.84. The Morgan fingerprint density at radius 3 is 2.31 bits per heavy atom. The zero-order valence-corrected chi connectivity index (χ0v) is 17.6. The van der Waals surface area contributed by atoms with Gasteiger partial charge in [-0.1, -0.05) is 23.8 Å². The first-order valence-electron chi connectivity index (χ1n) is 8.91. The lowest BCUT2D eigenvalue weighted by Gasteiger charge is -2.13. The number of hydrogen-bond donors (Lipinski definition) is 2. The van der Waals surface area contributed by atoms with Crippen LogP contribution < -0.4 is 10.0 Å². The van der Waals surface area contributed by atoms with Crippen LogP contribution in [0.25, 0.3) is 0 Å². The van der Waals surface area contributed by atoms with Gasteiger partial charge in [0.1, 0.15) is 5.82 Å². The van der Waals surface area contributed by atoms with Gasteiger partial charge in [-0.25, -0.2) is 13.4 Å². The van der Waals surface area contributed by atoms with Gasteiger partial charge in [0, 0.05) is 16.8 Å². The Balaban J connectivity index is 1.62. The second-order valence-corrected chi connectivity index (χ2v) is 9.50. The predicted molar refractivity (Wildman–Crippen MR) is 117 cm³/mol. The number of amides is 1. The van der Waals surface area contributed by atoms with Gasteiger partial charge in [-0.2, -0.15) is 0 Å². The number of anilines is 2. The molecule has 2 aromatic carbocycles. The zero-order chi connectivity index (χ0) is 20.9. The number of benzene rings is 2. The van der Waals surface area contributed by atoms with Gasteiger partial charge in [0.05, 0.1) is 10.1 Å². The first-order valence-corrected chi connectivity index (χ1v) is 11.3. The highest BCUT2D eigenvalue weighted by Crippen LogP contribution is 2.25. The van der Waals surface area contributed by atoms with Gasteiger partial charge >= 0.3 is 0 Å². The van der Waals surface area contributed by atoms with Crippen molar-refractivity contribution < 1.29 is 13.2 Å². The fraction of sp³-hybridized carbons (Fsp3) is 0.143. The summed E-state index contributed by atoms with van der Waals surface area (Å²) in [5, 5.41) is 2.52. The van der Waals surface area contributed by atoms with Crippen molar-refractivity contribution >= 4 is 39.2 Å². The molecule has 2 N–H and O–H groups in total. The van der Waals surface area contributed by atoms with E-state index in [0.717, 1.165) is 4.90 Å². The summed E-state index contributed by atoms with van der Waals surface area (Å²) in [5.74, 6) is 0.0876. The topological polar surface area (TPSA) is 88.2 Å². The minimum Gasteiger partial charge on any atom is -0.325 e. The van der Waals surface area contributed by atoms with Gasteiger partial charge in [0.25, 0.3) is 10.0 Å². The molecule has 8 heteroatoms. The van der Waals surface area contributed by atoms with Crippen LogP contribution in [0.4, 0.5) is 11.5 Å². The normalized spacial score (nSPS) is 12.2. The monoisotopic (exact) mass is 427 g/mol. The van der Waals surface area contributed by atoms with Gasteiger partial charge in [0.2, 0.25) is 5.91 Å². The van der Waals surface area contributed by atoms with Gasteiger partial charge in [0.15, 0.2) is 0 Å². The third-order valence-corrected chi connectivity index (χ3v) is 6.52. The highest BCUT2D eigenvalue weighted by Gasteiger charge is 2.17. The highest BCUT2D eigenvalue weighted by atomic mass is 32.2. The molecule has 6 nitrogen and oxygen atoms in total. The molecule has 0 saturated heterocycles. The highest BCUT2D eigenvalue weighted by molar-refractivity contribution is 8.00. The maximum Gasteiger partial charge on any atom is 0.263 e. The average molecular weight is 428 g/mol. The van der Waals surface area contributed by atoms with Crippen LogP contribution in [0.1, 0.15) is 12.5 Å². The fourth-order valence-electron chi connectivity index (χ4n) is 2.46. The van der Waals surface area contributed by atoms with Crippen LogP contribution in [-0.4, -0.2) is 24.6 Å². The first-order chi connectivity index (χ1) is 13.8. The van der Waals surface area contributed by atoms with Crippen LogP contribution in [-0.2, 0) is 14.8 Å². The summed E-state index contributed by atoms with van der Waals surface area (Å²) in [6.07, 6.45) is 1.51. The van der Waals surface area contributed by atoms with Crippen molar-refractivity contribution in [3.8, 4) is 0 Å². The summed E-state index contributed by atoms with van der Waals surface area (Å²) in [4.78, 5) is 17.5. The molecule has 0 spiro atoms. The number of carbonyl (C=O) groups excluding carboxylic acids is 1. The number of nitrogens with one attached hydrogen (secondary N) is 2. The number of aromatic nitrogens is 1. The van der Waals surface area contributed by atoms with Gasteiger partial charge < -0.3 is 5.32 Å². The number of rotatable bonds is 7. The number of carbonyl (C=O) groups is 1. The summed E-state index contributed by atoms with van der Waals surface area (Å²) < 4.78 is 27.3. The Morgan fingerprint density at radius 2 is 1.69 bits per heavy atom. The SMILES string of the molecule is Cc1ccc(S[C@@H](C)C(=O)Nc2ccc(S(=O)(=O)Nc3ccccn3)cc2)cc1. The van der Waals surface area contributed by atoms with Crippen LogP contribution in [0, 0.1) is 6.92 Å². The molecule has 0 aliphatic rings. The van der Waals surface area contributed by atoms with Crippen molar-refractivity contribution in [3.63, 3.8) is 0 Å². The molecule has 0 fully saturated rings. The Labute approximate surface area is 174 Å². The van der Waals surface area contributed by atoms with Crippen LogP contribution in [0.2, 0.25) is 0 Å². The van der Waals surface area contributed by atoms with E-state index in [-0.39, 0.29) is 21.9 Å². The summed E-state index contributed by atoms with van der Waals surface area (Å²) in [5.41, 5.74) is 1.70. The lowest BCUT2D eigenvalue weighted by atomic mass is 10.2. The van der Waals surface area contributed by atoms with E-state index < -0.39 is 10.0 Å². The molecule has 0 saturated carbocycles. The Bertz CT molecular complexity index is 1070. The Hall–Kier alpha value is -2.84. The van der Waals surface area contributed by atoms with Crippen molar-refractivity contribution in [2.24, 2.45) is 0 Å². The third-order valence-electron chi connectivity index (χ3n) is 4.04. The number of hydrogen-bond acceptors (Lipinski definition) is 5. The van der Waals surface area contributed by atoms with Crippen molar-refractivity contribution in [1.82, 2.24) is 4.98 Å². The smallest absolute Gasteiger partial charge is 0.263 e. The number of aryl methyl sites for hydroxylation is 1. The first kappa shape index (κ1) is 20.9. The molecule has 0 unspecified atom stereocenters. The van der Waals surface area contributed by atoms with E-state index in [2.05, 4.69) is 15.0 Å². The molecular weight excluding hydrogens is 406 g/mol. The Morgan fingerprint density at radius 1 is 1.00 bits per heavy atom. The lowest BCUT2D eigenvalue weighted by Crippen LogP contribution is -2.22. The molecule has 1 aromatic heterocycles. The van der Waals surface area contributed by atoms with E-state index in [9.17, 15) is 13.2 Å².